The maximum absolute atomic E-state index is 12.1. The van der Waals surface area contributed by atoms with E-state index in [0.29, 0.717) is 23.3 Å². The maximum atomic E-state index is 12.1. The zero-order valence-electron chi connectivity index (χ0n) is 12.1. The SMILES string of the molecule is CCOc1ccc(N=C2SCC(=O)N2c2ccccn2)cc1. The van der Waals surface area contributed by atoms with Gasteiger partial charge >= 0.3 is 0 Å². The molecule has 5 nitrogen and oxygen atoms in total. The molecule has 0 unspecified atom stereocenters. The predicted octanol–water partition coefficient (Wildman–Crippen LogP) is 3.25. The summed E-state index contributed by atoms with van der Waals surface area (Å²) >= 11 is 1.42. The van der Waals surface area contributed by atoms with E-state index >= 15 is 0 Å². The number of rotatable bonds is 4. The highest BCUT2D eigenvalue weighted by molar-refractivity contribution is 8.15. The Balaban J connectivity index is 1.87. The molecule has 112 valence electrons. The number of pyridine rings is 1. The van der Waals surface area contributed by atoms with E-state index in [-0.39, 0.29) is 5.91 Å². The molecule has 0 radical (unpaired) electrons. The summed E-state index contributed by atoms with van der Waals surface area (Å²) in [5.41, 5.74) is 0.779. The predicted molar refractivity (Wildman–Crippen MR) is 88.9 cm³/mol. The summed E-state index contributed by atoms with van der Waals surface area (Å²) < 4.78 is 5.41. The van der Waals surface area contributed by atoms with E-state index in [1.165, 1.54) is 11.8 Å². The van der Waals surface area contributed by atoms with E-state index in [0.717, 1.165) is 11.4 Å². The molecule has 6 heteroatoms. The third-order valence-corrected chi connectivity index (χ3v) is 3.94. The lowest BCUT2D eigenvalue weighted by Gasteiger charge is -2.14. The van der Waals surface area contributed by atoms with Crippen LogP contribution in [-0.2, 0) is 4.79 Å². The van der Waals surface area contributed by atoms with Crippen molar-refractivity contribution in [2.75, 3.05) is 17.3 Å². The number of hydrogen-bond donors (Lipinski definition) is 0. The molecule has 0 N–H and O–H groups in total. The molecular weight excluding hydrogens is 298 g/mol. The fourth-order valence-corrected chi connectivity index (χ4v) is 2.93. The standard InChI is InChI=1S/C16H15N3O2S/c1-2-21-13-8-6-12(7-9-13)18-16-19(15(20)11-22-16)14-5-3-4-10-17-14/h3-10H,2,11H2,1H3. The largest absolute Gasteiger partial charge is 0.494 e. The maximum Gasteiger partial charge on any atom is 0.244 e. The number of carbonyl (C=O) groups excluding carboxylic acids is 1. The van der Waals surface area contributed by atoms with Crippen LogP contribution in [0.5, 0.6) is 5.75 Å². The number of thioether (sulfide) groups is 1. The van der Waals surface area contributed by atoms with Gasteiger partial charge in [-0.25, -0.2) is 14.9 Å². The fraction of sp³-hybridized carbons (Fsp3) is 0.188. The molecule has 1 aromatic carbocycles. The second-order valence-electron chi connectivity index (χ2n) is 4.53. The van der Waals surface area contributed by atoms with Crippen molar-refractivity contribution in [3.63, 3.8) is 0 Å². The lowest BCUT2D eigenvalue weighted by atomic mass is 10.3. The fourth-order valence-electron chi connectivity index (χ4n) is 2.05. The number of hydrogen-bond acceptors (Lipinski definition) is 5. The minimum atomic E-state index is -0.00612. The minimum absolute atomic E-state index is 0.00612. The highest BCUT2D eigenvalue weighted by Crippen LogP contribution is 2.28. The average Bonchev–Trinajstić information content (AvgIpc) is 2.91. The van der Waals surface area contributed by atoms with Crippen molar-refractivity contribution in [3.8, 4) is 5.75 Å². The van der Waals surface area contributed by atoms with E-state index in [1.807, 2.05) is 43.3 Å². The van der Waals surface area contributed by atoms with E-state index < -0.39 is 0 Å². The number of carbonyl (C=O) groups is 1. The Morgan fingerprint density at radius 2 is 2.09 bits per heavy atom. The number of aliphatic imine (C=N–C) groups is 1. The Morgan fingerprint density at radius 1 is 1.27 bits per heavy atom. The van der Waals surface area contributed by atoms with Crippen molar-refractivity contribution >= 4 is 34.3 Å². The Labute approximate surface area is 133 Å². The third kappa shape index (κ3) is 3.12. The molecule has 1 amide bonds. The summed E-state index contributed by atoms with van der Waals surface area (Å²) in [5.74, 6) is 1.78. The van der Waals surface area contributed by atoms with Crippen LogP contribution in [-0.4, -0.2) is 28.4 Å². The van der Waals surface area contributed by atoms with Gasteiger partial charge < -0.3 is 4.74 Å². The van der Waals surface area contributed by atoms with Gasteiger partial charge in [-0.3, -0.25) is 4.79 Å². The van der Waals surface area contributed by atoms with Gasteiger partial charge in [-0.2, -0.15) is 0 Å². The molecule has 1 saturated heterocycles. The van der Waals surface area contributed by atoms with Crippen LogP contribution in [0.25, 0.3) is 0 Å². The lowest BCUT2D eigenvalue weighted by molar-refractivity contribution is -0.115. The number of nitrogens with zero attached hydrogens (tertiary/aromatic N) is 3. The van der Waals surface area contributed by atoms with Crippen molar-refractivity contribution in [1.29, 1.82) is 0 Å². The summed E-state index contributed by atoms with van der Waals surface area (Å²) in [6.07, 6.45) is 1.67. The van der Waals surface area contributed by atoms with Crippen molar-refractivity contribution in [3.05, 3.63) is 48.7 Å². The third-order valence-electron chi connectivity index (χ3n) is 3.02. The number of ether oxygens (including phenoxy) is 1. The first-order chi connectivity index (χ1) is 10.8. The van der Waals surface area contributed by atoms with Crippen molar-refractivity contribution in [2.45, 2.75) is 6.92 Å². The van der Waals surface area contributed by atoms with E-state index in [1.54, 1.807) is 17.2 Å². The van der Waals surface area contributed by atoms with Gasteiger partial charge in [0.05, 0.1) is 18.0 Å². The summed E-state index contributed by atoms with van der Waals surface area (Å²) in [5, 5.41) is 0.646. The molecular formula is C16H15N3O2S. The van der Waals surface area contributed by atoms with Crippen LogP contribution in [0.15, 0.2) is 53.7 Å². The van der Waals surface area contributed by atoms with Crippen LogP contribution >= 0.6 is 11.8 Å². The molecule has 0 atom stereocenters. The molecule has 1 aliphatic heterocycles. The second kappa shape index (κ2) is 6.62. The molecule has 1 aliphatic rings. The highest BCUT2D eigenvalue weighted by Gasteiger charge is 2.30. The Hall–Kier alpha value is -2.34. The summed E-state index contributed by atoms with van der Waals surface area (Å²) in [7, 11) is 0. The van der Waals surface area contributed by atoms with Crippen molar-refractivity contribution < 1.29 is 9.53 Å². The van der Waals surface area contributed by atoms with Gasteiger partial charge in [-0.15, -0.1) is 0 Å². The topological polar surface area (TPSA) is 54.8 Å². The first-order valence-electron chi connectivity index (χ1n) is 6.96. The van der Waals surface area contributed by atoms with Gasteiger partial charge in [-0.05, 0) is 43.3 Å². The molecule has 2 aromatic rings. The van der Waals surface area contributed by atoms with Gasteiger partial charge in [0.25, 0.3) is 0 Å². The first kappa shape index (κ1) is 14.6. The molecule has 1 fully saturated rings. The monoisotopic (exact) mass is 313 g/mol. The molecule has 0 bridgehead atoms. The van der Waals surface area contributed by atoms with Crippen molar-refractivity contribution in [1.82, 2.24) is 4.98 Å². The van der Waals surface area contributed by atoms with Gasteiger partial charge in [0.2, 0.25) is 5.91 Å². The van der Waals surface area contributed by atoms with Crippen LogP contribution < -0.4 is 9.64 Å². The normalized spacial score (nSPS) is 16.3. The molecule has 0 saturated carbocycles. The number of amides is 1. The Bertz CT molecular complexity index is 686. The summed E-state index contributed by atoms with van der Waals surface area (Å²) in [6, 6.07) is 13.0. The smallest absolute Gasteiger partial charge is 0.244 e. The van der Waals surface area contributed by atoms with Crippen LogP contribution in [0, 0.1) is 0 Å². The number of benzene rings is 1. The van der Waals surface area contributed by atoms with Gasteiger partial charge in [0.1, 0.15) is 11.6 Å². The van der Waals surface area contributed by atoms with E-state index in [2.05, 4.69) is 9.98 Å². The Morgan fingerprint density at radius 3 is 2.77 bits per heavy atom. The van der Waals surface area contributed by atoms with Gasteiger partial charge in [0.15, 0.2) is 5.17 Å². The number of aromatic nitrogens is 1. The van der Waals surface area contributed by atoms with Crippen LogP contribution in [0.2, 0.25) is 0 Å². The first-order valence-corrected chi connectivity index (χ1v) is 7.95. The van der Waals surface area contributed by atoms with E-state index in [9.17, 15) is 4.79 Å². The number of amidine groups is 1. The minimum Gasteiger partial charge on any atom is -0.494 e. The zero-order valence-corrected chi connectivity index (χ0v) is 12.9. The quantitative estimate of drug-likeness (QED) is 0.869. The van der Waals surface area contributed by atoms with Crippen molar-refractivity contribution in [2.24, 2.45) is 4.99 Å². The van der Waals surface area contributed by atoms with Crippen LogP contribution in [0.4, 0.5) is 11.5 Å². The zero-order chi connectivity index (χ0) is 15.4. The highest BCUT2D eigenvalue weighted by atomic mass is 32.2. The Kier molecular flexibility index (Phi) is 4.39. The molecule has 3 rings (SSSR count). The second-order valence-corrected chi connectivity index (χ2v) is 5.47. The van der Waals surface area contributed by atoms with Gasteiger partial charge in [0, 0.05) is 6.20 Å². The van der Waals surface area contributed by atoms with Crippen LogP contribution in [0.3, 0.4) is 0 Å². The molecule has 0 aliphatic carbocycles. The summed E-state index contributed by atoms with van der Waals surface area (Å²) in [4.78, 5) is 22.4. The van der Waals surface area contributed by atoms with Gasteiger partial charge in [-0.1, -0.05) is 17.8 Å². The molecule has 22 heavy (non-hydrogen) atoms. The summed E-state index contributed by atoms with van der Waals surface area (Å²) in [6.45, 7) is 2.57. The average molecular weight is 313 g/mol. The van der Waals surface area contributed by atoms with E-state index in [4.69, 9.17) is 4.74 Å². The lowest BCUT2D eigenvalue weighted by Crippen LogP contribution is -2.29. The molecule has 1 aromatic heterocycles. The molecule has 0 spiro atoms. The van der Waals surface area contributed by atoms with Crippen LogP contribution in [0.1, 0.15) is 6.92 Å². The molecule has 2 heterocycles. The number of anilines is 1.